The van der Waals surface area contributed by atoms with Crippen LogP contribution < -0.4 is 31.3 Å². The topological polar surface area (TPSA) is 366 Å². The summed E-state index contributed by atoms with van der Waals surface area (Å²) in [5.74, 6) is 4.76. The minimum Gasteiger partial charge on any atom is -0.378 e. The molecule has 16 heterocycles. The number of anilines is 5. The molecule has 0 spiro atoms. The first-order chi connectivity index (χ1) is 65.1. The fourth-order valence-electron chi connectivity index (χ4n) is 15.2. The zero-order chi connectivity index (χ0) is 91.0. The van der Waals surface area contributed by atoms with Crippen molar-refractivity contribution in [2.24, 2.45) is 5.14 Å². The molecule has 1 fully saturated rings. The molecule has 0 unspecified atom stereocenters. The second-order valence-electron chi connectivity index (χ2n) is 30.9. The van der Waals surface area contributed by atoms with Crippen molar-refractivity contribution in [1.29, 1.82) is 0 Å². The zero-order valence-electron chi connectivity index (χ0n) is 72.3. The number of hydrogen-bond acceptors (Lipinski definition) is 25. The number of carbonyl (C=O) groups is 1. The molecule has 20 aromatic rings. The van der Waals surface area contributed by atoms with E-state index >= 15 is 0 Å². The number of aromatic nitrogens is 20. The summed E-state index contributed by atoms with van der Waals surface area (Å²) < 4.78 is 36.3. The van der Waals surface area contributed by atoms with Crippen molar-refractivity contribution < 1.29 is 17.9 Å². The van der Waals surface area contributed by atoms with E-state index in [9.17, 15) is 13.2 Å². The Labute approximate surface area is 764 Å². The van der Waals surface area contributed by atoms with Crippen molar-refractivity contribution in [2.75, 3.05) is 52.5 Å². The lowest BCUT2D eigenvalue weighted by Crippen LogP contribution is -2.36. The Morgan fingerprint density at radius 2 is 0.789 bits per heavy atom. The van der Waals surface area contributed by atoms with Crippen LogP contribution in [-0.2, 0) is 40.9 Å². The fraction of sp³-hybridized carbons (Fsp3) is 0.109. The summed E-state index contributed by atoms with van der Waals surface area (Å²) >= 11 is 0. The number of primary sulfonamides is 1. The van der Waals surface area contributed by atoms with Crippen LogP contribution in [0.15, 0.2) is 334 Å². The van der Waals surface area contributed by atoms with Gasteiger partial charge in [-0.05, 0) is 163 Å². The summed E-state index contributed by atoms with van der Waals surface area (Å²) in [5, 5.41) is 45.9. The molecule has 1 aliphatic rings. The molecule has 15 aromatic heterocycles. The first kappa shape index (κ1) is 86.3. The number of aryl methyl sites for hydroxylation is 2. The first-order valence-electron chi connectivity index (χ1n) is 42.6. The standard InChI is InChI=1S/C28H27N7O.C26H21N5O.C25H19N7.C22H18N8O2S/c1-20-16-22(18-29-17-20)27-32-28(31-19-23-4-2-3-10-30-23)26-25(9-11-35(26)33-27)21-5-7-24(8-6-21)34-12-14-36-15-13-34;1-18(32)20-10-7-11-21(16-20)25-29-26(28-17-22-12-5-6-14-27-22)24-23(13-15-31(24)30-25)19-8-3-2-4-9-19;1-17-13-19(15-27-14-17)24-30-25(29-16-21-5-3-4-11-28-21)23-22(10-12-32(23)31-24)18-6-8-20(26-2)9-7-18;23-33(31,32)18-11-16(12-24-14-18)21-27-22(25-13-17-7-4-9-26-28-17)20-19(8-10-30(20)29-21)15-5-2-1-3-6-15/h2-11,16-18H,12-15,19H2,1H3,(H,31,32,33);2-16H,17H2,1H3,(H,28,29,30);3-15H,16H2,1H3,(H,29,30,31);1-12,14H,13H2,(H2,23,31,32)(H,25,27,29). The Balaban J connectivity index is 0.000000119. The van der Waals surface area contributed by atoms with E-state index in [1.165, 1.54) is 24.1 Å². The van der Waals surface area contributed by atoms with Gasteiger partial charge in [0.15, 0.2) is 58.0 Å². The SMILES string of the molecule is CC(=O)c1cccc(-c2nc(NCc3ccccn3)c3c(-c4ccccc4)ccn3n2)c1.Cc1cncc(-c2nc(NCc3ccccn3)c3c(-c4ccc(N5CCOCC5)cc4)ccn3n2)c1.NS(=O)(=O)c1cncc(-c2nc(NCc3cccnn3)c3c(-c4ccccc4)ccn3n2)c1.[C-]#[N+]c1ccc(-c2ccn3nc(-c4cncc(C)c4)nc(NCc4ccccn4)c23)cc1. The number of ketones is 1. The van der Waals surface area contributed by atoms with Gasteiger partial charge in [-0.1, -0.05) is 133 Å². The lowest BCUT2D eigenvalue weighted by molar-refractivity contribution is 0.101. The third-order valence-corrected chi connectivity index (χ3v) is 22.6. The van der Waals surface area contributed by atoms with E-state index in [0.717, 1.165) is 149 Å². The smallest absolute Gasteiger partial charge is 0.239 e. The van der Waals surface area contributed by atoms with Crippen molar-refractivity contribution in [1.82, 2.24) is 98.5 Å². The molecule has 133 heavy (non-hydrogen) atoms. The summed E-state index contributed by atoms with van der Waals surface area (Å²) in [6, 6.07) is 78.5. The van der Waals surface area contributed by atoms with E-state index in [1.54, 1.807) is 54.7 Å². The van der Waals surface area contributed by atoms with Gasteiger partial charge in [0.25, 0.3) is 0 Å². The van der Waals surface area contributed by atoms with Crippen molar-refractivity contribution in [2.45, 2.75) is 51.8 Å². The first-order valence-corrected chi connectivity index (χ1v) is 44.1. The van der Waals surface area contributed by atoms with E-state index in [2.05, 4.69) is 119 Å². The lowest BCUT2D eigenvalue weighted by atomic mass is 10.1. The number of sulfonamides is 1. The Hall–Kier alpha value is -17.4. The molecule has 32 heteroatoms. The predicted molar refractivity (Wildman–Crippen MR) is 513 cm³/mol. The molecule has 21 rings (SSSR count). The third kappa shape index (κ3) is 20.4. The maximum atomic E-state index is 11.9. The van der Waals surface area contributed by atoms with Crippen LogP contribution in [-0.4, -0.2) is 139 Å². The number of benzene rings is 5. The van der Waals surface area contributed by atoms with Crippen LogP contribution in [0.2, 0.25) is 0 Å². The van der Waals surface area contributed by atoms with Crippen LogP contribution in [0.4, 0.5) is 34.6 Å². The molecule has 0 radical (unpaired) electrons. The quantitative estimate of drug-likeness (QED) is 0.0293. The van der Waals surface area contributed by atoms with Crippen LogP contribution in [0.1, 0.15) is 51.2 Å². The highest BCUT2D eigenvalue weighted by Crippen LogP contribution is 2.38. The summed E-state index contributed by atoms with van der Waals surface area (Å²) in [6.07, 6.45) is 24.5. The summed E-state index contributed by atoms with van der Waals surface area (Å²) in [7, 11) is -3.92. The van der Waals surface area contributed by atoms with Crippen LogP contribution in [0, 0.1) is 20.4 Å². The van der Waals surface area contributed by atoms with Crippen LogP contribution in [0.3, 0.4) is 0 Å². The molecule has 0 bridgehead atoms. The number of nitrogens with two attached hydrogens (primary N) is 1. The molecule has 5 aromatic carbocycles. The molecule has 654 valence electrons. The average molecular weight is 1770 g/mol. The molecule has 0 aliphatic carbocycles. The number of nitrogens with one attached hydrogen (secondary N) is 4. The number of ether oxygens (including phenoxy) is 1. The summed E-state index contributed by atoms with van der Waals surface area (Å²) in [5.41, 5.74) is 22.7. The normalized spacial score (nSPS) is 11.8. The molecule has 1 aliphatic heterocycles. The molecule has 0 amide bonds. The summed E-state index contributed by atoms with van der Waals surface area (Å²) in [4.78, 5) is 62.8. The second kappa shape index (κ2) is 39.9. The van der Waals surface area contributed by atoms with Gasteiger partial charge in [-0.3, -0.25) is 34.7 Å². The van der Waals surface area contributed by atoms with Crippen LogP contribution >= 0.6 is 0 Å². The molecule has 0 saturated carbocycles. The highest BCUT2D eigenvalue weighted by atomic mass is 32.2. The predicted octanol–water partition coefficient (Wildman–Crippen LogP) is 17.7. The van der Waals surface area contributed by atoms with Gasteiger partial charge in [-0.25, -0.2) is 56.4 Å². The highest BCUT2D eigenvalue weighted by molar-refractivity contribution is 7.89. The Bertz CT molecular complexity index is 7660. The van der Waals surface area contributed by atoms with Crippen molar-refractivity contribution in [3.8, 4) is 90.1 Å². The Morgan fingerprint density at radius 3 is 1.18 bits per heavy atom. The Morgan fingerprint density at radius 1 is 0.406 bits per heavy atom. The molecule has 31 nitrogen and oxygen atoms in total. The minimum absolute atomic E-state index is 0.00811. The highest BCUT2D eigenvalue weighted by Gasteiger charge is 2.24. The second-order valence-corrected chi connectivity index (χ2v) is 32.5. The van der Waals surface area contributed by atoms with Gasteiger partial charge in [0.05, 0.1) is 68.7 Å². The minimum atomic E-state index is -3.92. The van der Waals surface area contributed by atoms with Crippen molar-refractivity contribution >= 4 is 72.5 Å². The van der Waals surface area contributed by atoms with Crippen molar-refractivity contribution in [3.63, 3.8) is 0 Å². The third-order valence-electron chi connectivity index (χ3n) is 21.7. The maximum absolute atomic E-state index is 11.9. The van der Waals surface area contributed by atoms with E-state index in [4.69, 9.17) is 51.7 Å². The van der Waals surface area contributed by atoms with E-state index in [1.807, 2.05) is 253 Å². The largest absolute Gasteiger partial charge is 0.378 e. The van der Waals surface area contributed by atoms with E-state index < -0.39 is 10.0 Å². The van der Waals surface area contributed by atoms with Crippen molar-refractivity contribution in [3.05, 3.63) is 380 Å². The number of fused-ring (bicyclic) bond motifs is 4. The number of carbonyl (C=O) groups excluding carboxylic acids is 1. The van der Waals surface area contributed by atoms with E-state index in [0.29, 0.717) is 77.9 Å². The van der Waals surface area contributed by atoms with E-state index in [-0.39, 0.29) is 16.5 Å². The fourth-order valence-corrected chi connectivity index (χ4v) is 15.7. The van der Waals surface area contributed by atoms with Gasteiger partial charge in [0, 0.05) is 156 Å². The number of pyridine rings is 6. The number of Topliss-reactive ketones (excluding diaryl/α,β-unsaturated/α-hetero) is 1. The van der Waals surface area contributed by atoms with Gasteiger partial charge < -0.3 is 30.9 Å². The average Bonchev–Trinajstić information content (AvgIpc) is 1.62. The van der Waals surface area contributed by atoms with Gasteiger partial charge >= 0.3 is 0 Å². The molecular weight excluding hydrogens is 1690 g/mol. The van der Waals surface area contributed by atoms with Gasteiger partial charge in [-0.2, -0.15) is 10.2 Å². The zero-order valence-corrected chi connectivity index (χ0v) is 73.1. The van der Waals surface area contributed by atoms with Crippen LogP contribution in [0.5, 0.6) is 0 Å². The number of nitrogens with zero attached hydrogens (tertiary/aromatic N) is 22. The Kier molecular flexibility index (Phi) is 25.9. The van der Waals surface area contributed by atoms with Gasteiger partial charge in [0.1, 0.15) is 27.0 Å². The number of morpholine rings is 1. The molecule has 1 saturated heterocycles. The maximum Gasteiger partial charge on any atom is 0.239 e. The molecular formula is C101H85N27O4S. The number of rotatable bonds is 23. The van der Waals surface area contributed by atoms with Gasteiger partial charge in [0.2, 0.25) is 10.0 Å². The van der Waals surface area contributed by atoms with Gasteiger partial charge in [-0.15, -0.1) is 20.4 Å². The lowest BCUT2D eigenvalue weighted by Gasteiger charge is -2.28. The molecule has 0 atom stereocenters. The monoisotopic (exact) mass is 1770 g/mol. The number of hydrogen-bond donors (Lipinski definition) is 5. The summed E-state index contributed by atoms with van der Waals surface area (Å²) in [6.45, 7) is 18.1. The van der Waals surface area contributed by atoms with Crippen LogP contribution in [0.25, 0.3) is 117 Å². The molecule has 6 N–H and O–H groups in total.